The van der Waals surface area contributed by atoms with Crippen LogP contribution >= 0.6 is 0 Å². The molecule has 0 aliphatic carbocycles. The van der Waals surface area contributed by atoms with Gasteiger partial charge in [-0.1, -0.05) is 37.3 Å². The second kappa shape index (κ2) is 4.99. The number of benzene rings is 1. The van der Waals surface area contributed by atoms with Crippen LogP contribution in [-0.2, 0) is 9.59 Å². The number of carbonyl (C=O) groups excluding carboxylic acids is 2. The van der Waals surface area contributed by atoms with Crippen LogP contribution in [-0.4, -0.2) is 23.4 Å². The molecule has 4 heteroatoms. The summed E-state index contributed by atoms with van der Waals surface area (Å²) in [5, 5.41) is 1.43. The van der Waals surface area contributed by atoms with Gasteiger partial charge < -0.3 is 0 Å². The van der Waals surface area contributed by atoms with Crippen LogP contribution in [0.3, 0.4) is 0 Å². The number of carbonyl (C=O) groups is 2. The quantitative estimate of drug-likeness (QED) is 0.799. The summed E-state index contributed by atoms with van der Waals surface area (Å²) in [6.45, 7) is 2.63. The molecule has 1 aromatic carbocycles. The Morgan fingerprint density at radius 2 is 2.00 bits per heavy atom. The van der Waals surface area contributed by atoms with Gasteiger partial charge in [-0.15, -0.1) is 0 Å². The van der Waals surface area contributed by atoms with E-state index in [0.29, 0.717) is 6.54 Å². The molecule has 0 aromatic heterocycles. The maximum Gasteiger partial charge on any atom is 0.250 e. The first-order valence-electron chi connectivity index (χ1n) is 5.85. The molecule has 0 spiro atoms. The van der Waals surface area contributed by atoms with E-state index >= 15 is 0 Å². The van der Waals surface area contributed by atoms with Gasteiger partial charge in [0.05, 0.1) is 0 Å². The molecule has 1 atom stereocenters. The summed E-state index contributed by atoms with van der Waals surface area (Å²) in [7, 11) is 0. The number of nitrogens with one attached hydrogen (secondary N) is 1. The van der Waals surface area contributed by atoms with Gasteiger partial charge in [0.1, 0.15) is 6.42 Å². The second-order valence-corrected chi connectivity index (χ2v) is 4.23. The SMILES string of the molecule is CCC(CN1NC(=O)CC1=O)c1ccccc1. The van der Waals surface area contributed by atoms with E-state index < -0.39 is 0 Å². The van der Waals surface area contributed by atoms with Gasteiger partial charge in [0.25, 0.3) is 0 Å². The average molecular weight is 232 g/mol. The zero-order chi connectivity index (χ0) is 12.3. The van der Waals surface area contributed by atoms with Crippen molar-refractivity contribution in [1.29, 1.82) is 0 Å². The highest BCUT2D eigenvalue weighted by molar-refractivity contribution is 6.02. The summed E-state index contributed by atoms with van der Waals surface area (Å²) in [5.74, 6) is -0.0826. The van der Waals surface area contributed by atoms with Crippen LogP contribution < -0.4 is 5.43 Å². The first-order chi connectivity index (χ1) is 8.20. The van der Waals surface area contributed by atoms with Crippen LogP contribution in [0.4, 0.5) is 0 Å². The summed E-state index contributed by atoms with van der Waals surface area (Å²) in [4.78, 5) is 22.6. The minimum Gasteiger partial charge on any atom is -0.273 e. The third kappa shape index (κ3) is 2.64. The Bertz CT molecular complexity index is 417. The van der Waals surface area contributed by atoms with Gasteiger partial charge in [-0.05, 0) is 12.0 Å². The maximum absolute atomic E-state index is 11.5. The van der Waals surface area contributed by atoms with E-state index in [-0.39, 0.29) is 24.2 Å². The molecule has 90 valence electrons. The van der Waals surface area contributed by atoms with Crippen LogP contribution in [0.5, 0.6) is 0 Å². The van der Waals surface area contributed by atoms with E-state index in [1.807, 2.05) is 18.2 Å². The highest BCUT2D eigenvalue weighted by atomic mass is 16.2. The van der Waals surface area contributed by atoms with Crippen molar-refractivity contribution in [3.63, 3.8) is 0 Å². The lowest BCUT2D eigenvalue weighted by atomic mass is 9.96. The van der Waals surface area contributed by atoms with Crippen molar-refractivity contribution in [2.24, 2.45) is 0 Å². The van der Waals surface area contributed by atoms with Crippen molar-refractivity contribution in [1.82, 2.24) is 10.4 Å². The van der Waals surface area contributed by atoms with Crippen molar-refractivity contribution in [3.05, 3.63) is 35.9 Å². The molecule has 1 unspecified atom stereocenters. The molecule has 1 aliphatic heterocycles. The minimum absolute atomic E-state index is 0.0226. The number of hydrazine groups is 1. The van der Waals surface area contributed by atoms with Crippen molar-refractivity contribution in [2.75, 3.05) is 6.54 Å². The van der Waals surface area contributed by atoms with Crippen molar-refractivity contribution < 1.29 is 9.59 Å². The Morgan fingerprint density at radius 1 is 1.29 bits per heavy atom. The summed E-state index contributed by atoms with van der Waals surface area (Å²) < 4.78 is 0. The van der Waals surface area contributed by atoms with Gasteiger partial charge in [-0.3, -0.25) is 20.0 Å². The average Bonchev–Trinajstić information content (AvgIpc) is 2.66. The zero-order valence-electron chi connectivity index (χ0n) is 9.85. The summed E-state index contributed by atoms with van der Waals surface area (Å²) >= 11 is 0. The topological polar surface area (TPSA) is 49.4 Å². The van der Waals surface area contributed by atoms with Gasteiger partial charge in [0.2, 0.25) is 11.8 Å². The Hall–Kier alpha value is -1.84. The number of hydrogen-bond donors (Lipinski definition) is 1. The molecule has 1 saturated heterocycles. The summed E-state index contributed by atoms with van der Waals surface area (Å²) in [6, 6.07) is 10.1. The molecular formula is C13H16N2O2. The molecule has 0 radical (unpaired) electrons. The fourth-order valence-corrected chi connectivity index (χ4v) is 2.05. The van der Waals surface area contributed by atoms with Crippen molar-refractivity contribution >= 4 is 11.8 Å². The highest BCUT2D eigenvalue weighted by Gasteiger charge is 2.28. The minimum atomic E-state index is -0.210. The number of hydrogen-bond acceptors (Lipinski definition) is 2. The summed E-state index contributed by atoms with van der Waals surface area (Å²) in [6.07, 6.45) is 0.912. The highest BCUT2D eigenvalue weighted by Crippen LogP contribution is 2.21. The Morgan fingerprint density at radius 3 is 2.53 bits per heavy atom. The largest absolute Gasteiger partial charge is 0.273 e. The molecule has 2 amide bonds. The number of amides is 2. The van der Waals surface area contributed by atoms with E-state index in [0.717, 1.165) is 6.42 Å². The molecule has 4 nitrogen and oxygen atoms in total. The predicted molar refractivity (Wildman–Crippen MR) is 63.9 cm³/mol. The Labute approximate surface area is 101 Å². The number of rotatable bonds is 4. The van der Waals surface area contributed by atoms with Gasteiger partial charge in [0.15, 0.2) is 0 Å². The number of nitrogens with zero attached hydrogens (tertiary/aromatic N) is 1. The molecule has 0 saturated carbocycles. The second-order valence-electron chi connectivity index (χ2n) is 4.23. The maximum atomic E-state index is 11.5. The summed E-state index contributed by atoms with van der Waals surface area (Å²) in [5.41, 5.74) is 3.78. The lowest BCUT2D eigenvalue weighted by Gasteiger charge is -2.22. The van der Waals surface area contributed by atoms with E-state index in [1.165, 1.54) is 10.6 Å². The van der Waals surface area contributed by atoms with Gasteiger partial charge in [0, 0.05) is 12.5 Å². The van der Waals surface area contributed by atoms with E-state index in [4.69, 9.17) is 0 Å². The Kier molecular flexibility index (Phi) is 3.42. The van der Waals surface area contributed by atoms with Crippen LogP contribution in [0, 0.1) is 0 Å². The zero-order valence-corrected chi connectivity index (χ0v) is 9.85. The molecule has 1 aromatic rings. The van der Waals surface area contributed by atoms with E-state index in [1.54, 1.807) is 0 Å². The first-order valence-corrected chi connectivity index (χ1v) is 5.85. The fraction of sp³-hybridized carbons (Fsp3) is 0.385. The normalized spacial score (nSPS) is 17.1. The monoisotopic (exact) mass is 232 g/mol. The van der Waals surface area contributed by atoms with Crippen LogP contribution in [0.1, 0.15) is 31.2 Å². The van der Waals surface area contributed by atoms with Crippen molar-refractivity contribution in [3.8, 4) is 0 Å². The first kappa shape index (κ1) is 11.6. The molecular weight excluding hydrogens is 216 g/mol. The van der Waals surface area contributed by atoms with Gasteiger partial charge in [-0.2, -0.15) is 0 Å². The van der Waals surface area contributed by atoms with Crippen LogP contribution in [0.2, 0.25) is 0 Å². The van der Waals surface area contributed by atoms with Crippen LogP contribution in [0.15, 0.2) is 30.3 Å². The van der Waals surface area contributed by atoms with Gasteiger partial charge >= 0.3 is 0 Å². The smallest absolute Gasteiger partial charge is 0.250 e. The molecule has 1 heterocycles. The molecule has 1 fully saturated rings. The van der Waals surface area contributed by atoms with Crippen LogP contribution in [0.25, 0.3) is 0 Å². The van der Waals surface area contributed by atoms with Crippen molar-refractivity contribution in [2.45, 2.75) is 25.7 Å². The lowest BCUT2D eigenvalue weighted by Crippen LogP contribution is -2.38. The third-order valence-electron chi connectivity index (χ3n) is 3.04. The molecule has 0 bridgehead atoms. The molecule has 1 aliphatic rings. The lowest BCUT2D eigenvalue weighted by molar-refractivity contribution is -0.129. The fourth-order valence-electron chi connectivity index (χ4n) is 2.05. The third-order valence-corrected chi connectivity index (χ3v) is 3.04. The molecule has 17 heavy (non-hydrogen) atoms. The Balaban J connectivity index is 2.06. The van der Waals surface area contributed by atoms with E-state index in [2.05, 4.69) is 24.5 Å². The predicted octanol–water partition coefficient (Wildman–Crippen LogP) is 1.44. The molecule has 2 rings (SSSR count). The molecule has 1 N–H and O–H groups in total. The van der Waals surface area contributed by atoms with E-state index in [9.17, 15) is 9.59 Å². The van der Waals surface area contributed by atoms with Gasteiger partial charge in [-0.25, -0.2) is 0 Å². The standard InChI is InChI=1S/C13H16N2O2/c1-2-10(11-6-4-3-5-7-11)9-15-13(17)8-12(16)14-15/h3-7,10H,2,8-9H2,1H3,(H,14,16).